The van der Waals surface area contributed by atoms with Crippen LogP contribution < -0.4 is 10.1 Å². The van der Waals surface area contributed by atoms with Crippen LogP contribution in [0.1, 0.15) is 25.6 Å². The molecule has 0 aromatic carbocycles. The second kappa shape index (κ2) is 6.85. The minimum atomic E-state index is 0.213. The molecule has 2 heterocycles. The fourth-order valence-electron chi connectivity index (χ4n) is 1.79. The molecule has 6 heteroatoms. The maximum Gasteiger partial charge on any atom is 0.227 e. The zero-order chi connectivity index (χ0) is 14.5. The Morgan fingerprint density at radius 2 is 2.10 bits per heavy atom. The van der Waals surface area contributed by atoms with Crippen LogP contribution in [0.3, 0.4) is 0 Å². The highest BCUT2D eigenvalue weighted by atomic mass is 32.1. The van der Waals surface area contributed by atoms with Gasteiger partial charge in [0, 0.05) is 11.4 Å². The first-order valence-corrected chi connectivity index (χ1v) is 7.68. The molecule has 2 rings (SSSR count). The van der Waals surface area contributed by atoms with Crippen LogP contribution in [-0.2, 0) is 4.74 Å². The van der Waals surface area contributed by atoms with Crippen LogP contribution in [0.4, 0.5) is 5.95 Å². The van der Waals surface area contributed by atoms with Crippen LogP contribution in [0.5, 0.6) is 5.88 Å². The van der Waals surface area contributed by atoms with Crippen LogP contribution in [0.2, 0.25) is 0 Å². The third-order valence-electron chi connectivity index (χ3n) is 2.59. The van der Waals surface area contributed by atoms with Crippen molar-refractivity contribution in [1.82, 2.24) is 9.97 Å². The summed E-state index contributed by atoms with van der Waals surface area (Å²) in [6.45, 7) is 9.93. The summed E-state index contributed by atoms with van der Waals surface area (Å²) >= 11 is 1.65. The summed E-state index contributed by atoms with van der Waals surface area (Å²) in [5, 5.41) is 4.10. The van der Waals surface area contributed by atoms with Gasteiger partial charge in [0.15, 0.2) is 0 Å². The lowest BCUT2D eigenvalue weighted by Crippen LogP contribution is -2.12. The number of rotatable bonds is 7. The number of nitrogens with one attached hydrogen (secondary N) is 1. The normalized spacial score (nSPS) is 11.2. The molecule has 0 aliphatic rings. The Balaban J connectivity index is 2.16. The Morgan fingerprint density at radius 1 is 1.30 bits per heavy atom. The molecular weight excluding hydrogens is 274 g/mol. The van der Waals surface area contributed by atoms with E-state index in [1.807, 2.05) is 20.8 Å². The molecule has 0 aliphatic heterocycles. The van der Waals surface area contributed by atoms with Crippen molar-refractivity contribution in [2.45, 2.75) is 33.8 Å². The van der Waals surface area contributed by atoms with Crippen molar-refractivity contribution in [1.29, 1.82) is 0 Å². The van der Waals surface area contributed by atoms with Crippen molar-refractivity contribution in [3.8, 4) is 5.88 Å². The number of fused-ring (bicyclic) bond motifs is 1. The second-order valence-electron chi connectivity index (χ2n) is 4.73. The SMILES string of the molecule is CCNc1nc(OCCOC(C)C)c2cc(C)sc2n1. The number of aryl methyl sites for hydroxylation is 1. The fraction of sp³-hybridized carbons (Fsp3) is 0.571. The summed E-state index contributed by atoms with van der Waals surface area (Å²) in [6.07, 6.45) is 0.213. The van der Waals surface area contributed by atoms with E-state index in [-0.39, 0.29) is 6.10 Å². The van der Waals surface area contributed by atoms with Crippen molar-refractivity contribution >= 4 is 27.5 Å². The van der Waals surface area contributed by atoms with Gasteiger partial charge in [-0.2, -0.15) is 4.98 Å². The largest absolute Gasteiger partial charge is 0.475 e. The monoisotopic (exact) mass is 295 g/mol. The van der Waals surface area contributed by atoms with Crippen LogP contribution in [0, 0.1) is 6.92 Å². The molecule has 0 saturated carbocycles. The quantitative estimate of drug-likeness (QED) is 0.795. The van der Waals surface area contributed by atoms with Gasteiger partial charge in [-0.05, 0) is 33.8 Å². The highest BCUT2D eigenvalue weighted by molar-refractivity contribution is 7.18. The highest BCUT2D eigenvalue weighted by Crippen LogP contribution is 2.30. The topological polar surface area (TPSA) is 56.3 Å². The molecular formula is C14H21N3O2S. The zero-order valence-corrected chi connectivity index (χ0v) is 13.2. The molecule has 0 bridgehead atoms. The third-order valence-corrected chi connectivity index (χ3v) is 3.53. The Kier molecular flexibility index (Phi) is 5.14. The van der Waals surface area contributed by atoms with Crippen molar-refractivity contribution < 1.29 is 9.47 Å². The van der Waals surface area contributed by atoms with E-state index in [4.69, 9.17) is 9.47 Å². The van der Waals surface area contributed by atoms with Crippen molar-refractivity contribution in [2.75, 3.05) is 25.1 Å². The van der Waals surface area contributed by atoms with E-state index in [2.05, 4.69) is 28.3 Å². The number of ether oxygens (including phenoxy) is 2. The molecule has 0 spiro atoms. The number of thiophene rings is 1. The summed E-state index contributed by atoms with van der Waals surface area (Å²) in [4.78, 5) is 11.1. The van der Waals surface area contributed by atoms with Crippen molar-refractivity contribution in [2.24, 2.45) is 0 Å². The molecule has 0 atom stereocenters. The first-order chi connectivity index (χ1) is 9.60. The molecule has 2 aromatic rings. The van der Waals surface area contributed by atoms with E-state index < -0.39 is 0 Å². The van der Waals surface area contributed by atoms with E-state index in [1.165, 1.54) is 4.88 Å². The van der Waals surface area contributed by atoms with E-state index in [1.54, 1.807) is 11.3 Å². The molecule has 110 valence electrons. The van der Waals surface area contributed by atoms with Gasteiger partial charge in [0.05, 0.1) is 18.1 Å². The van der Waals surface area contributed by atoms with E-state index in [0.717, 1.165) is 16.8 Å². The third kappa shape index (κ3) is 3.80. The summed E-state index contributed by atoms with van der Waals surface area (Å²) < 4.78 is 11.2. The predicted molar refractivity (Wildman–Crippen MR) is 82.9 cm³/mol. The molecule has 0 aliphatic carbocycles. The molecule has 0 amide bonds. The molecule has 0 radical (unpaired) electrons. The minimum Gasteiger partial charge on any atom is -0.475 e. The number of aromatic nitrogens is 2. The highest BCUT2D eigenvalue weighted by Gasteiger charge is 2.11. The summed E-state index contributed by atoms with van der Waals surface area (Å²) in [7, 11) is 0. The Hall–Kier alpha value is -1.40. The van der Waals surface area contributed by atoms with Crippen molar-refractivity contribution in [3.63, 3.8) is 0 Å². The van der Waals surface area contributed by atoms with Gasteiger partial charge in [-0.25, -0.2) is 4.98 Å². The average Bonchev–Trinajstić information content (AvgIpc) is 2.75. The molecule has 0 fully saturated rings. The zero-order valence-electron chi connectivity index (χ0n) is 12.4. The van der Waals surface area contributed by atoms with Gasteiger partial charge in [0.25, 0.3) is 0 Å². The summed E-state index contributed by atoms with van der Waals surface area (Å²) in [5.74, 6) is 1.24. The smallest absolute Gasteiger partial charge is 0.227 e. The Bertz CT molecular complexity index is 569. The summed E-state index contributed by atoms with van der Waals surface area (Å²) in [6, 6.07) is 2.06. The summed E-state index contributed by atoms with van der Waals surface area (Å²) in [5.41, 5.74) is 0. The van der Waals surface area contributed by atoms with Gasteiger partial charge in [-0.1, -0.05) is 0 Å². The number of anilines is 1. The van der Waals surface area contributed by atoms with E-state index in [9.17, 15) is 0 Å². The lowest BCUT2D eigenvalue weighted by molar-refractivity contribution is 0.0546. The first kappa shape index (κ1) is 15.0. The maximum absolute atomic E-state index is 5.76. The van der Waals surface area contributed by atoms with Gasteiger partial charge >= 0.3 is 0 Å². The van der Waals surface area contributed by atoms with Crippen LogP contribution >= 0.6 is 11.3 Å². The average molecular weight is 295 g/mol. The van der Waals surface area contributed by atoms with Gasteiger partial charge in [0.1, 0.15) is 11.4 Å². The molecule has 5 nitrogen and oxygen atoms in total. The fourth-order valence-corrected chi connectivity index (χ4v) is 2.66. The first-order valence-electron chi connectivity index (χ1n) is 6.86. The number of hydrogen-bond donors (Lipinski definition) is 1. The van der Waals surface area contributed by atoms with E-state index in [0.29, 0.717) is 25.0 Å². The number of hydrogen-bond acceptors (Lipinski definition) is 6. The minimum absolute atomic E-state index is 0.213. The van der Waals surface area contributed by atoms with Gasteiger partial charge in [-0.15, -0.1) is 11.3 Å². The van der Waals surface area contributed by atoms with Crippen LogP contribution in [0.15, 0.2) is 6.07 Å². The number of nitrogens with zero attached hydrogens (tertiary/aromatic N) is 2. The molecule has 2 aromatic heterocycles. The Labute approximate surface area is 123 Å². The van der Waals surface area contributed by atoms with Crippen LogP contribution in [0.25, 0.3) is 10.2 Å². The standard InChI is InChI=1S/C14H21N3O2S/c1-5-15-14-16-12(19-7-6-18-9(2)3)11-8-10(4)20-13(11)17-14/h8-9H,5-7H2,1-4H3,(H,15,16,17). The second-order valence-corrected chi connectivity index (χ2v) is 5.96. The lowest BCUT2D eigenvalue weighted by atomic mass is 10.3. The van der Waals surface area contributed by atoms with Gasteiger partial charge in [0.2, 0.25) is 11.8 Å². The molecule has 0 saturated heterocycles. The van der Waals surface area contributed by atoms with E-state index >= 15 is 0 Å². The Morgan fingerprint density at radius 3 is 2.80 bits per heavy atom. The van der Waals surface area contributed by atoms with Crippen LogP contribution in [-0.4, -0.2) is 35.8 Å². The van der Waals surface area contributed by atoms with Gasteiger partial charge in [-0.3, -0.25) is 0 Å². The maximum atomic E-state index is 5.76. The predicted octanol–water partition coefficient (Wildman–Crippen LogP) is 3.24. The molecule has 0 unspecified atom stereocenters. The lowest BCUT2D eigenvalue weighted by Gasteiger charge is -2.10. The molecule has 20 heavy (non-hydrogen) atoms. The van der Waals surface area contributed by atoms with Crippen molar-refractivity contribution in [3.05, 3.63) is 10.9 Å². The van der Waals surface area contributed by atoms with Gasteiger partial charge < -0.3 is 14.8 Å². The molecule has 1 N–H and O–H groups in total.